The van der Waals surface area contributed by atoms with E-state index in [1.54, 1.807) is 6.26 Å². The van der Waals surface area contributed by atoms with Gasteiger partial charge in [0.2, 0.25) is 0 Å². The molecule has 1 aromatic heterocycles. The van der Waals surface area contributed by atoms with Crippen LogP contribution in [0.4, 0.5) is 5.69 Å². The predicted octanol–water partition coefficient (Wildman–Crippen LogP) is 3.12. The van der Waals surface area contributed by atoms with Crippen molar-refractivity contribution in [3.8, 4) is 0 Å². The molecule has 1 N–H and O–H groups in total. The van der Waals surface area contributed by atoms with Crippen LogP contribution in [0.1, 0.15) is 25.5 Å². The Morgan fingerprint density at radius 1 is 1.33 bits per heavy atom. The summed E-state index contributed by atoms with van der Waals surface area (Å²) < 4.78 is 5.49. The molecule has 1 atom stereocenters. The molecule has 0 saturated carbocycles. The Morgan fingerprint density at radius 2 is 2.25 bits per heavy atom. The highest BCUT2D eigenvalue weighted by Gasteiger charge is 2.20. The van der Waals surface area contributed by atoms with Gasteiger partial charge in [0.25, 0.3) is 0 Å². The number of nitrogens with zero attached hydrogens (tertiary/aromatic N) is 1. The molecule has 0 amide bonds. The minimum Gasteiger partial charge on any atom is -0.468 e. The molecule has 3 rings (SSSR count). The lowest BCUT2D eigenvalue weighted by Crippen LogP contribution is -2.43. The maximum Gasteiger partial charge on any atom is 0.117 e. The van der Waals surface area contributed by atoms with Crippen LogP contribution in [0.25, 0.3) is 12.2 Å². The Kier molecular flexibility index (Phi) is 5.55. The molecule has 1 saturated heterocycles. The Morgan fingerprint density at radius 3 is 3.00 bits per heavy atom. The van der Waals surface area contributed by atoms with Crippen LogP contribution >= 0.6 is 0 Å². The number of nitrogens with one attached hydrogen (secondary N) is 1. The first kappa shape index (κ1) is 16.6. The molecule has 0 spiro atoms. The fourth-order valence-electron chi connectivity index (χ4n) is 3.42. The molecule has 3 heteroatoms. The molecule has 1 unspecified atom stereocenters. The van der Waals surface area contributed by atoms with E-state index < -0.39 is 0 Å². The second-order valence-corrected chi connectivity index (χ2v) is 6.30. The van der Waals surface area contributed by atoms with Gasteiger partial charge in [-0.1, -0.05) is 36.9 Å². The third kappa shape index (κ3) is 3.98. The van der Waals surface area contributed by atoms with Gasteiger partial charge in [-0.05, 0) is 49.7 Å². The van der Waals surface area contributed by atoms with Crippen molar-refractivity contribution in [3.05, 3.63) is 65.4 Å². The summed E-state index contributed by atoms with van der Waals surface area (Å²) in [6.45, 7) is 8.99. The monoisotopic (exact) mass is 322 g/mol. The zero-order chi connectivity index (χ0) is 16.8. The van der Waals surface area contributed by atoms with Crippen LogP contribution in [0.15, 0.2) is 53.7 Å². The highest BCUT2D eigenvalue weighted by atomic mass is 16.3. The van der Waals surface area contributed by atoms with E-state index >= 15 is 0 Å². The zero-order valence-electron chi connectivity index (χ0n) is 14.4. The van der Waals surface area contributed by atoms with Gasteiger partial charge in [-0.3, -0.25) is 4.90 Å². The smallest absolute Gasteiger partial charge is 0.117 e. The summed E-state index contributed by atoms with van der Waals surface area (Å²) in [5.41, 5.74) is 1.19. The Labute approximate surface area is 144 Å². The van der Waals surface area contributed by atoms with Crippen LogP contribution in [-0.4, -0.2) is 24.0 Å². The molecule has 1 aliphatic heterocycles. The maximum absolute atomic E-state index is 5.49. The summed E-state index contributed by atoms with van der Waals surface area (Å²) >= 11 is 0. The van der Waals surface area contributed by atoms with Gasteiger partial charge in [-0.25, -0.2) is 0 Å². The van der Waals surface area contributed by atoms with Crippen LogP contribution in [0, 0.1) is 0 Å². The van der Waals surface area contributed by atoms with E-state index in [0.29, 0.717) is 6.04 Å². The topological polar surface area (TPSA) is 28.4 Å². The van der Waals surface area contributed by atoms with E-state index in [2.05, 4.69) is 60.1 Å². The lowest BCUT2D eigenvalue weighted by Gasteiger charge is -2.33. The third-order valence-corrected chi connectivity index (χ3v) is 4.56. The van der Waals surface area contributed by atoms with Gasteiger partial charge in [0.1, 0.15) is 5.76 Å². The first-order valence-corrected chi connectivity index (χ1v) is 8.69. The standard InChI is InChI=1S/C21H26N2O/c1-3-8-20-17(4-2)9-5-12-21(20)22-18-10-6-13-23(15-18)16-19-11-7-14-24-19/h3-5,7-9,11-12,14,18,22H,1,6,10,13,15-16H2,2H3/b17-4-,20-8+. The van der Waals surface area contributed by atoms with Crippen molar-refractivity contribution in [2.45, 2.75) is 32.4 Å². The molecule has 24 heavy (non-hydrogen) atoms. The Balaban J connectivity index is 1.74. The summed E-state index contributed by atoms with van der Waals surface area (Å²) in [4.78, 5) is 2.46. The second-order valence-electron chi connectivity index (χ2n) is 6.30. The highest BCUT2D eigenvalue weighted by Crippen LogP contribution is 2.16. The average molecular weight is 322 g/mol. The number of likely N-dealkylation sites (tertiary alicyclic amines) is 1. The number of rotatable bonds is 5. The van der Waals surface area contributed by atoms with E-state index in [9.17, 15) is 0 Å². The average Bonchev–Trinajstić information content (AvgIpc) is 3.10. The molecule has 1 aromatic carbocycles. The van der Waals surface area contributed by atoms with Crippen LogP contribution < -0.4 is 15.8 Å². The largest absolute Gasteiger partial charge is 0.468 e. The molecule has 126 valence electrons. The molecule has 2 heterocycles. The number of hydrogen-bond acceptors (Lipinski definition) is 3. The molecule has 2 aromatic rings. The van der Waals surface area contributed by atoms with Gasteiger partial charge in [-0.15, -0.1) is 0 Å². The number of anilines is 1. The lowest BCUT2D eigenvalue weighted by molar-refractivity contribution is 0.194. The molecule has 1 fully saturated rings. The predicted molar refractivity (Wildman–Crippen MR) is 101 cm³/mol. The van der Waals surface area contributed by atoms with Gasteiger partial charge < -0.3 is 9.73 Å². The van der Waals surface area contributed by atoms with E-state index in [1.807, 2.05) is 12.1 Å². The van der Waals surface area contributed by atoms with Crippen LogP contribution in [0.3, 0.4) is 0 Å². The van der Waals surface area contributed by atoms with E-state index in [1.165, 1.54) is 29.0 Å². The molecule has 0 bridgehead atoms. The summed E-state index contributed by atoms with van der Waals surface area (Å²) in [5, 5.41) is 6.21. The number of benzene rings is 1. The van der Waals surface area contributed by atoms with Crippen LogP contribution in [0.5, 0.6) is 0 Å². The van der Waals surface area contributed by atoms with Crippen LogP contribution in [-0.2, 0) is 6.54 Å². The maximum atomic E-state index is 5.49. The molecular weight excluding hydrogens is 296 g/mol. The fraction of sp³-hybridized carbons (Fsp3) is 0.333. The number of allylic oxidation sites excluding steroid dienone is 1. The summed E-state index contributed by atoms with van der Waals surface area (Å²) in [6.07, 6.45) is 10.2. The zero-order valence-corrected chi connectivity index (χ0v) is 14.4. The quantitative estimate of drug-likeness (QED) is 0.917. The lowest BCUT2D eigenvalue weighted by atomic mass is 10.0. The fourth-order valence-corrected chi connectivity index (χ4v) is 3.42. The first-order chi connectivity index (χ1) is 11.8. The summed E-state index contributed by atoms with van der Waals surface area (Å²) in [7, 11) is 0. The second kappa shape index (κ2) is 8.02. The third-order valence-electron chi connectivity index (χ3n) is 4.56. The van der Waals surface area contributed by atoms with Crippen molar-refractivity contribution in [1.29, 1.82) is 0 Å². The molecule has 0 aliphatic carbocycles. The minimum atomic E-state index is 0.456. The normalized spacial score (nSPS) is 20.3. The molecular formula is C21H26N2O. The van der Waals surface area contributed by atoms with Gasteiger partial charge in [0.05, 0.1) is 12.8 Å². The van der Waals surface area contributed by atoms with E-state index in [0.717, 1.165) is 25.4 Å². The molecule has 0 radical (unpaired) electrons. The SMILES string of the molecule is C=C/C=c1/c(NC2CCCN(Cc3ccco3)C2)ccc/c1=C/C. The van der Waals surface area contributed by atoms with Crippen molar-refractivity contribution in [1.82, 2.24) is 4.90 Å². The summed E-state index contributed by atoms with van der Waals surface area (Å²) in [6, 6.07) is 10.9. The number of piperidine rings is 1. The van der Waals surface area contributed by atoms with Crippen molar-refractivity contribution in [3.63, 3.8) is 0 Å². The van der Waals surface area contributed by atoms with Crippen molar-refractivity contribution < 1.29 is 4.42 Å². The van der Waals surface area contributed by atoms with Crippen molar-refractivity contribution in [2.75, 3.05) is 18.4 Å². The number of furan rings is 1. The van der Waals surface area contributed by atoms with E-state index in [-0.39, 0.29) is 0 Å². The van der Waals surface area contributed by atoms with Crippen molar-refractivity contribution in [2.24, 2.45) is 0 Å². The van der Waals surface area contributed by atoms with Crippen LogP contribution in [0.2, 0.25) is 0 Å². The van der Waals surface area contributed by atoms with Gasteiger partial charge in [0, 0.05) is 23.5 Å². The Hall–Kier alpha value is -2.26. The number of hydrogen-bond donors (Lipinski definition) is 1. The van der Waals surface area contributed by atoms with E-state index in [4.69, 9.17) is 4.42 Å². The highest BCUT2D eigenvalue weighted by molar-refractivity contribution is 5.54. The molecule has 1 aliphatic rings. The van der Waals surface area contributed by atoms with Gasteiger partial charge in [-0.2, -0.15) is 0 Å². The minimum absolute atomic E-state index is 0.456. The van der Waals surface area contributed by atoms with Crippen molar-refractivity contribution >= 4 is 17.8 Å². The Bertz CT molecular complexity index is 777. The molecule has 3 nitrogen and oxygen atoms in total. The summed E-state index contributed by atoms with van der Waals surface area (Å²) in [5.74, 6) is 1.04. The van der Waals surface area contributed by atoms with Gasteiger partial charge >= 0.3 is 0 Å². The first-order valence-electron chi connectivity index (χ1n) is 8.69. The van der Waals surface area contributed by atoms with Gasteiger partial charge in [0.15, 0.2) is 0 Å².